The van der Waals surface area contributed by atoms with Gasteiger partial charge in [0.25, 0.3) is 5.91 Å². The molecule has 20 heavy (non-hydrogen) atoms. The van der Waals surface area contributed by atoms with Crippen LogP contribution in [0.5, 0.6) is 5.75 Å². The topological polar surface area (TPSA) is 67.9 Å². The molecule has 1 aliphatic rings. The average molecular weight is 278 g/mol. The molecular formula is C14H18N2O4. The minimum atomic E-state index is -0.780. The second-order valence-corrected chi connectivity index (χ2v) is 4.52. The first-order valence-corrected chi connectivity index (χ1v) is 6.42. The van der Waals surface area contributed by atoms with Crippen LogP contribution in [0.1, 0.15) is 6.42 Å². The van der Waals surface area contributed by atoms with Gasteiger partial charge in [-0.1, -0.05) is 12.1 Å². The maximum absolute atomic E-state index is 12.1. The molecule has 2 amide bonds. The predicted molar refractivity (Wildman–Crippen MR) is 73.8 cm³/mol. The Labute approximate surface area is 117 Å². The quantitative estimate of drug-likeness (QED) is 0.799. The molecule has 0 saturated heterocycles. The number of fused-ring (bicyclic) bond motifs is 1. The highest BCUT2D eigenvalue weighted by atomic mass is 16.5. The number of benzene rings is 1. The van der Waals surface area contributed by atoms with E-state index in [1.165, 1.54) is 4.90 Å². The summed E-state index contributed by atoms with van der Waals surface area (Å²) in [5.41, 5.74) is 0.716. The number of para-hydroxylation sites is 2. The zero-order chi connectivity index (χ0) is 14.5. The molecule has 1 N–H and O–H groups in total. The van der Waals surface area contributed by atoms with E-state index in [9.17, 15) is 9.59 Å². The smallest absolute Gasteiger partial charge is 0.268 e. The Bertz CT molecular complexity index is 504. The van der Waals surface area contributed by atoms with Gasteiger partial charge in [-0.05, 0) is 12.1 Å². The van der Waals surface area contributed by atoms with Crippen LogP contribution in [-0.4, -0.2) is 45.2 Å². The Kier molecular flexibility index (Phi) is 4.57. The Balaban J connectivity index is 2.00. The van der Waals surface area contributed by atoms with Crippen molar-refractivity contribution in [1.29, 1.82) is 0 Å². The van der Waals surface area contributed by atoms with E-state index in [-0.39, 0.29) is 18.2 Å². The van der Waals surface area contributed by atoms with Crippen molar-refractivity contribution in [1.82, 2.24) is 5.32 Å². The first-order chi connectivity index (χ1) is 9.63. The molecule has 0 aliphatic carbocycles. The molecule has 0 spiro atoms. The monoisotopic (exact) mass is 278 g/mol. The summed E-state index contributed by atoms with van der Waals surface area (Å²) in [4.78, 5) is 25.4. The largest absolute Gasteiger partial charge is 0.478 e. The SMILES string of the molecule is COCCNC(=O)CC1Oc2ccccc2N(C)C1=O. The summed E-state index contributed by atoms with van der Waals surface area (Å²) in [6, 6.07) is 7.26. The van der Waals surface area contributed by atoms with Gasteiger partial charge in [0.1, 0.15) is 5.75 Å². The molecule has 0 fully saturated rings. The van der Waals surface area contributed by atoms with Gasteiger partial charge in [-0.15, -0.1) is 0 Å². The molecule has 0 saturated carbocycles. The van der Waals surface area contributed by atoms with Crippen LogP contribution in [0.2, 0.25) is 0 Å². The van der Waals surface area contributed by atoms with Gasteiger partial charge < -0.3 is 19.7 Å². The van der Waals surface area contributed by atoms with Crippen LogP contribution in [0.4, 0.5) is 5.69 Å². The number of hydrogen-bond acceptors (Lipinski definition) is 4. The van der Waals surface area contributed by atoms with Crippen molar-refractivity contribution in [2.24, 2.45) is 0 Å². The van der Waals surface area contributed by atoms with E-state index in [1.807, 2.05) is 18.2 Å². The van der Waals surface area contributed by atoms with Crippen molar-refractivity contribution in [3.63, 3.8) is 0 Å². The molecule has 1 atom stereocenters. The van der Waals surface area contributed by atoms with Crippen LogP contribution in [0.15, 0.2) is 24.3 Å². The lowest BCUT2D eigenvalue weighted by Gasteiger charge is -2.31. The fraction of sp³-hybridized carbons (Fsp3) is 0.429. The summed E-state index contributed by atoms with van der Waals surface area (Å²) in [6.45, 7) is 0.858. The molecule has 0 aromatic heterocycles. The first-order valence-electron chi connectivity index (χ1n) is 6.42. The standard InChI is InChI=1S/C14H18N2O4/c1-16-10-5-3-4-6-11(10)20-12(14(16)18)9-13(17)15-7-8-19-2/h3-6,12H,7-9H2,1-2H3,(H,15,17). The number of hydrogen-bond donors (Lipinski definition) is 1. The van der Waals surface area contributed by atoms with Crippen LogP contribution in [0.25, 0.3) is 0 Å². The summed E-state index contributed by atoms with van der Waals surface area (Å²) in [5.74, 6) is 0.170. The van der Waals surface area contributed by atoms with E-state index < -0.39 is 6.10 Å². The lowest BCUT2D eigenvalue weighted by Crippen LogP contribution is -2.46. The molecule has 1 aromatic carbocycles. The minimum Gasteiger partial charge on any atom is -0.478 e. The number of ether oxygens (including phenoxy) is 2. The third-order valence-electron chi connectivity index (χ3n) is 3.10. The molecule has 1 heterocycles. The van der Waals surface area contributed by atoms with Gasteiger partial charge in [0.15, 0.2) is 6.10 Å². The van der Waals surface area contributed by atoms with Gasteiger partial charge >= 0.3 is 0 Å². The minimum absolute atomic E-state index is 0.00121. The van der Waals surface area contributed by atoms with Crippen LogP contribution in [0, 0.1) is 0 Å². The van der Waals surface area contributed by atoms with E-state index >= 15 is 0 Å². The fourth-order valence-corrected chi connectivity index (χ4v) is 2.03. The second kappa shape index (κ2) is 6.38. The molecule has 0 radical (unpaired) electrons. The van der Waals surface area contributed by atoms with E-state index in [0.29, 0.717) is 24.6 Å². The van der Waals surface area contributed by atoms with Crippen molar-refractivity contribution in [3.05, 3.63) is 24.3 Å². The van der Waals surface area contributed by atoms with Crippen molar-refractivity contribution in [3.8, 4) is 5.75 Å². The molecule has 1 aliphatic heterocycles. The van der Waals surface area contributed by atoms with Gasteiger partial charge in [0, 0.05) is 20.7 Å². The van der Waals surface area contributed by atoms with Crippen LogP contribution < -0.4 is 15.0 Å². The van der Waals surface area contributed by atoms with E-state index in [1.54, 1.807) is 20.2 Å². The Morgan fingerprint density at radius 2 is 2.20 bits per heavy atom. The molecule has 1 aromatic rings. The summed E-state index contributed by atoms with van der Waals surface area (Å²) >= 11 is 0. The number of methoxy groups -OCH3 is 1. The zero-order valence-corrected chi connectivity index (χ0v) is 11.6. The normalized spacial score (nSPS) is 17.4. The second-order valence-electron chi connectivity index (χ2n) is 4.52. The predicted octanol–water partition coefficient (Wildman–Crippen LogP) is 0.563. The highest BCUT2D eigenvalue weighted by molar-refractivity contribution is 6.01. The van der Waals surface area contributed by atoms with E-state index in [2.05, 4.69) is 5.32 Å². The summed E-state index contributed by atoms with van der Waals surface area (Å²) < 4.78 is 10.5. The molecule has 108 valence electrons. The van der Waals surface area contributed by atoms with Crippen LogP contribution in [-0.2, 0) is 14.3 Å². The number of nitrogens with one attached hydrogen (secondary N) is 1. The Morgan fingerprint density at radius 1 is 1.45 bits per heavy atom. The van der Waals surface area contributed by atoms with Crippen LogP contribution >= 0.6 is 0 Å². The number of likely N-dealkylation sites (N-methyl/N-ethyl adjacent to an activating group) is 1. The third kappa shape index (κ3) is 3.08. The van der Waals surface area contributed by atoms with Crippen molar-refractivity contribution < 1.29 is 19.1 Å². The molecule has 6 heteroatoms. The van der Waals surface area contributed by atoms with Crippen molar-refractivity contribution >= 4 is 17.5 Å². The number of rotatable bonds is 5. The molecule has 1 unspecified atom stereocenters. The Hall–Kier alpha value is -2.08. The maximum atomic E-state index is 12.1. The number of nitrogens with zero attached hydrogens (tertiary/aromatic N) is 1. The van der Waals surface area contributed by atoms with Gasteiger partial charge in [-0.25, -0.2) is 0 Å². The lowest BCUT2D eigenvalue weighted by atomic mass is 10.1. The highest BCUT2D eigenvalue weighted by Gasteiger charge is 2.33. The first kappa shape index (κ1) is 14.3. The lowest BCUT2D eigenvalue weighted by molar-refractivity contribution is -0.132. The maximum Gasteiger partial charge on any atom is 0.268 e. The van der Waals surface area contributed by atoms with Gasteiger partial charge in [0.05, 0.1) is 18.7 Å². The van der Waals surface area contributed by atoms with E-state index in [4.69, 9.17) is 9.47 Å². The zero-order valence-electron chi connectivity index (χ0n) is 11.6. The van der Waals surface area contributed by atoms with Gasteiger partial charge in [-0.2, -0.15) is 0 Å². The fourth-order valence-electron chi connectivity index (χ4n) is 2.03. The summed E-state index contributed by atoms with van der Waals surface area (Å²) in [5, 5.41) is 2.68. The number of carbonyl (C=O) groups excluding carboxylic acids is 2. The van der Waals surface area contributed by atoms with Gasteiger partial charge in [0.2, 0.25) is 5.91 Å². The Morgan fingerprint density at radius 3 is 2.95 bits per heavy atom. The third-order valence-corrected chi connectivity index (χ3v) is 3.10. The number of carbonyl (C=O) groups is 2. The molecular weight excluding hydrogens is 260 g/mol. The number of anilines is 1. The summed E-state index contributed by atoms with van der Waals surface area (Å²) in [6.07, 6.45) is -0.779. The molecule has 6 nitrogen and oxygen atoms in total. The number of amides is 2. The van der Waals surface area contributed by atoms with Gasteiger partial charge in [-0.3, -0.25) is 9.59 Å². The van der Waals surface area contributed by atoms with Crippen molar-refractivity contribution in [2.45, 2.75) is 12.5 Å². The highest BCUT2D eigenvalue weighted by Crippen LogP contribution is 2.33. The average Bonchev–Trinajstić information content (AvgIpc) is 2.45. The van der Waals surface area contributed by atoms with E-state index in [0.717, 1.165) is 0 Å². The molecule has 2 rings (SSSR count). The molecule has 0 bridgehead atoms. The van der Waals surface area contributed by atoms with Crippen molar-refractivity contribution in [2.75, 3.05) is 32.2 Å². The summed E-state index contributed by atoms with van der Waals surface area (Å²) in [7, 11) is 3.24. The van der Waals surface area contributed by atoms with Crippen LogP contribution in [0.3, 0.4) is 0 Å².